The summed E-state index contributed by atoms with van der Waals surface area (Å²) in [6.07, 6.45) is 4.46. The monoisotopic (exact) mass is 235 g/mol. The number of nitrogens with two attached hydrogens (primary N) is 1. The van der Waals surface area contributed by atoms with Gasteiger partial charge in [-0.3, -0.25) is 4.90 Å². The topological polar surface area (TPSA) is 62.4 Å². The first-order chi connectivity index (χ1) is 8.07. The number of aliphatic hydroxyl groups is 1. The molecule has 0 spiro atoms. The first-order valence-electron chi connectivity index (χ1n) is 6.21. The lowest BCUT2D eigenvalue weighted by atomic mass is 9.98. The van der Waals surface area contributed by atoms with Gasteiger partial charge in [0.2, 0.25) is 0 Å². The Bertz CT molecular complexity index is 379. The maximum absolute atomic E-state index is 10.0. The molecule has 17 heavy (non-hydrogen) atoms. The molecule has 0 radical (unpaired) electrons. The fourth-order valence-electron chi connectivity index (χ4n) is 2.30. The van der Waals surface area contributed by atoms with E-state index in [0.29, 0.717) is 5.82 Å². The van der Waals surface area contributed by atoms with Crippen LogP contribution in [-0.2, 0) is 6.54 Å². The molecule has 2 heterocycles. The van der Waals surface area contributed by atoms with Crippen LogP contribution in [0.25, 0.3) is 0 Å². The van der Waals surface area contributed by atoms with Crippen molar-refractivity contribution < 1.29 is 5.11 Å². The predicted molar refractivity (Wildman–Crippen MR) is 68.4 cm³/mol. The summed E-state index contributed by atoms with van der Waals surface area (Å²) < 4.78 is 0. The van der Waals surface area contributed by atoms with Crippen molar-refractivity contribution in [2.24, 2.45) is 0 Å². The molecular formula is C13H21N3O. The second-order valence-corrected chi connectivity index (χ2v) is 5.17. The van der Waals surface area contributed by atoms with Crippen LogP contribution in [0.2, 0.25) is 0 Å². The van der Waals surface area contributed by atoms with Gasteiger partial charge in [0.25, 0.3) is 0 Å². The molecule has 94 valence electrons. The van der Waals surface area contributed by atoms with Crippen molar-refractivity contribution in [1.82, 2.24) is 9.88 Å². The zero-order valence-electron chi connectivity index (χ0n) is 10.4. The van der Waals surface area contributed by atoms with E-state index >= 15 is 0 Å². The smallest absolute Gasteiger partial charge is 0.127 e. The van der Waals surface area contributed by atoms with Gasteiger partial charge in [-0.15, -0.1) is 0 Å². The molecule has 4 nitrogen and oxygen atoms in total. The summed E-state index contributed by atoms with van der Waals surface area (Å²) in [5, 5.41) is 10.0. The van der Waals surface area contributed by atoms with Crippen molar-refractivity contribution >= 4 is 5.82 Å². The van der Waals surface area contributed by atoms with Gasteiger partial charge in [0.05, 0.1) is 5.60 Å². The summed E-state index contributed by atoms with van der Waals surface area (Å²) in [6.45, 7) is 4.69. The van der Waals surface area contributed by atoms with E-state index in [1.54, 1.807) is 6.20 Å². The minimum atomic E-state index is -0.505. The number of rotatable bonds is 2. The number of anilines is 1. The van der Waals surface area contributed by atoms with E-state index < -0.39 is 5.60 Å². The summed E-state index contributed by atoms with van der Waals surface area (Å²) in [6, 6.07) is 3.94. The molecule has 1 unspecified atom stereocenters. The van der Waals surface area contributed by atoms with Gasteiger partial charge in [0.1, 0.15) is 5.82 Å². The summed E-state index contributed by atoms with van der Waals surface area (Å²) in [5.41, 5.74) is 6.42. The van der Waals surface area contributed by atoms with Crippen LogP contribution in [-0.4, -0.2) is 33.7 Å². The molecule has 0 amide bonds. The largest absolute Gasteiger partial charge is 0.390 e. The molecule has 1 atom stereocenters. The van der Waals surface area contributed by atoms with Crippen molar-refractivity contribution in [3.63, 3.8) is 0 Å². The van der Waals surface area contributed by atoms with Crippen molar-refractivity contribution in [1.29, 1.82) is 0 Å². The van der Waals surface area contributed by atoms with E-state index in [0.717, 1.165) is 44.5 Å². The van der Waals surface area contributed by atoms with Gasteiger partial charge in [0, 0.05) is 24.8 Å². The van der Waals surface area contributed by atoms with Crippen LogP contribution < -0.4 is 5.73 Å². The van der Waals surface area contributed by atoms with Crippen LogP contribution in [0.15, 0.2) is 18.3 Å². The minimum absolute atomic E-state index is 0.505. The second kappa shape index (κ2) is 5.02. The van der Waals surface area contributed by atoms with E-state index in [1.165, 1.54) is 0 Å². The lowest BCUT2D eigenvalue weighted by molar-refractivity contribution is 0.0444. The van der Waals surface area contributed by atoms with Crippen LogP contribution in [0.4, 0.5) is 5.82 Å². The average molecular weight is 235 g/mol. The van der Waals surface area contributed by atoms with E-state index in [2.05, 4.69) is 9.88 Å². The highest BCUT2D eigenvalue weighted by molar-refractivity contribution is 5.38. The molecule has 3 N–H and O–H groups in total. The van der Waals surface area contributed by atoms with E-state index in [4.69, 9.17) is 5.73 Å². The summed E-state index contributed by atoms with van der Waals surface area (Å²) >= 11 is 0. The van der Waals surface area contributed by atoms with Gasteiger partial charge >= 0.3 is 0 Å². The Morgan fingerprint density at radius 3 is 3.06 bits per heavy atom. The first kappa shape index (κ1) is 12.3. The van der Waals surface area contributed by atoms with E-state index in [-0.39, 0.29) is 0 Å². The zero-order valence-corrected chi connectivity index (χ0v) is 10.4. The Hall–Kier alpha value is -1.13. The highest BCUT2D eigenvalue weighted by Crippen LogP contribution is 2.22. The van der Waals surface area contributed by atoms with Crippen molar-refractivity contribution in [2.75, 3.05) is 18.8 Å². The van der Waals surface area contributed by atoms with Crippen LogP contribution in [0.5, 0.6) is 0 Å². The maximum atomic E-state index is 10.0. The third-order valence-electron chi connectivity index (χ3n) is 3.48. The van der Waals surface area contributed by atoms with Crippen molar-refractivity contribution in [3.05, 3.63) is 23.9 Å². The SMILES string of the molecule is CC1(O)CCCN(Cc2cccnc2N)CC1. The normalized spacial score (nSPS) is 26.7. The third-order valence-corrected chi connectivity index (χ3v) is 3.48. The van der Waals surface area contributed by atoms with E-state index in [1.807, 2.05) is 19.1 Å². The molecular weight excluding hydrogens is 214 g/mol. The Labute approximate surface area is 102 Å². The lowest BCUT2D eigenvalue weighted by Gasteiger charge is -2.22. The Kier molecular flexibility index (Phi) is 3.64. The second-order valence-electron chi connectivity index (χ2n) is 5.17. The third kappa shape index (κ3) is 3.41. The number of aromatic nitrogens is 1. The molecule has 1 saturated heterocycles. The molecule has 0 aromatic carbocycles. The van der Waals surface area contributed by atoms with Crippen LogP contribution in [0.3, 0.4) is 0 Å². The molecule has 0 aliphatic carbocycles. The van der Waals surface area contributed by atoms with Gasteiger partial charge in [-0.2, -0.15) is 0 Å². The minimum Gasteiger partial charge on any atom is -0.390 e. The molecule has 2 rings (SSSR count). The van der Waals surface area contributed by atoms with Gasteiger partial charge in [-0.1, -0.05) is 6.07 Å². The number of pyridine rings is 1. The fourth-order valence-corrected chi connectivity index (χ4v) is 2.30. The molecule has 0 saturated carbocycles. The fraction of sp³-hybridized carbons (Fsp3) is 0.615. The molecule has 1 fully saturated rings. The van der Waals surface area contributed by atoms with Gasteiger partial charge in [-0.25, -0.2) is 4.98 Å². The molecule has 1 aromatic rings. The van der Waals surface area contributed by atoms with Gasteiger partial charge < -0.3 is 10.8 Å². The highest BCUT2D eigenvalue weighted by atomic mass is 16.3. The first-order valence-corrected chi connectivity index (χ1v) is 6.21. The molecule has 1 aliphatic rings. The summed E-state index contributed by atoms with van der Waals surface area (Å²) in [4.78, 5) is 6.44. The van der Waals surface area contributed by atoms with Gasteiger partial charge in [0.15, 0.2) is 0 Å². The van der Waals surface area contributed by atoms with Crippen LogP contribution >= 0.6 is 0 Å². The molecule has 1 aromatic heterocycles. The van der Waals surface area contributed by atoms with Crippen LogP contribution in [0, 0.1) is 0 Å². The number of nitrogen functional groups attached to an aromatic ring is 1. The van der Waals surface area contributed by atoms with Crippen molar-refractivity contribution in [2.45, 2.75) is 38.3 Å². The predicted octanol–water partition coefficient (Wildman–Crippen LogP) is 1.40. The average Bonchev–Trinajstić information content (AvgIpc) is 2.44. The Morgan fingerprint density at radius 2 is 2.29 bits per heavy atom. The number of nitrogens with zero attached hydrogens (tertiary/aromatic N) is 2. The Balaban J connectivity index is 1.98. The molecule has 4 heteroatoms. The lowest BCUT2D eigenvalue weighted by Crippen LogP contribution is -2.28. The standard InChI is InChI=1S/C13H21N3O/c1-13(17)5-3-8-16(9-6-13)10-11-4-2-7-15-12(11)14/h2,4,7,17H,3,5-6,8-10H2,1H3,(H2,14,15). The molecule has 1 aliphatic heterocycles. The number of hydrogen-bond donors (Lipinski definition) is 2. The summed E-state index contributed by atoms with van der Waals surface area (Å²) in [7, 11) is 0. The van der Waals surface area contributed by atoms with Crippen LogP contribution in [0.1, 0.15) is 31.7 Å². The summed E-state index contributed by atoms with van der Waals surface area (Å²) in [5.74, 6) is 0.614. The molecule has 0 bridgehead atoms. The highest BCUT2D eigenvalue weighted by Gasteiger charge is 2.24. The zero-order chi connectivity index (χ0) is 12.3. The van der Waals surface area contributed by atoms with Crippen molar-refractivity contribution in [3.8, 4) is 0 Å². The Morgan fingerprint density at radius 1 is 1.47 bits per heavy atom. The number of hydrogen-bond acceptors (Lipinski definition) is 4. The number of likely N-dealkylation sites (tertiary alicyclic amines) is 1. The van der Waals surface area contributed by atoms with E-state index in [9.17, 15) is 5.11 Å². The van der Waals surface area contributed by atoms with Gasteiger partial charge in [-0.05, 0) is 38.8 Å². The maximum Gasteiger partial charge on any atom is 0.127 e. The quantitative estimate of drug-likeness (QED) is 0.813.